The Kier molecular flexibility index (Phi) is 4.98. The van der Waals surface area contributed by atoms with E-state index in [1.165, 1.54) is 12.1 Å². The van der Waals surface area contributed by atoms with E-state index in [-0.39, 0.29) is 23.5 Å². The summed E-state index contributed by atoms with van der Waals surface area (Å²) in [6.07, 6.45) is 2.11. The van der Waals surface area contributed by atoms with Crippen LogP contribution in [0.3, 0.4) is 0 Å². The summed E-state index contributed by atoms with van der Waals surface area (Å²) in [4.78, 5) is 31.7. The number of carbonyl (C=O) groups excluding carboxylic acids is 2. The maximum Gasteiger partial charge on any atom is 0.254 e. The van der Waals surface area contributed by atoms with E-state index in [1.807, 2.05) is 25.3 Å². The highest BCUT2D eigenvalue weighted by atomic mass is 32.1. The molecule has 1 aliphatic carbocycles. The van der Waals surface area contributed by atoms with Crippen molar-refractivity contribution in [3.05, 3.63) is 63.2 Å². The van der Waals surface area contributed by atoms with Gasteiger partial charge in [0.25, 0.3) is 5.91 Å². The van der Waals surface area contributed by atoms with Gasteiger partial charge in [-0.05, 0) is 61.9 Å². The lowest BCUT2D eigenvalue weighted by atomic mass is 9.71. The van der Waals surface area contributed by atoms with Crippen LogP contribution >= 0.6 is 11.3 Å². The fourth-order valence-electron chi connectivity index (χ4n) is 4.17. The van der Waals surface area contributed by atoms with Crippen LogP contribution in [0, 0.1) is 18.7 Å². The number of rotatable bonds is 3. The Morgan fingerprint density at radius 2 is 2.04 bits per heavy atom. The summed E-state index contributed by atoms with van der Waals surface area (Å²) in [5.41, 5.74) is 3.47. The molecule has 1 amide bonds. The van der Waals surface area contributed by atoms with Gasteiger partial charge in [0.2, 0.25) is 0 Å². The molecule has 0 saturated heterocycles. The lowest BCUT2D eigenvalue weighted by Crippen LogP contribution is -2.39. The topological polar surface area (TPSA) is 58.5 Å². The molecule has 1 aromatic heterocycles. The summed E-state index contributed by atoms with van der Waals surface area (Å²) in [6.45, 7) is 3.82. The number of nitrogens with one attached hydrogen (secondary N) is 1. The molecule has 2 heterocycles. The van der Waals surface area contributed by atoms with Crippen molar-refractivity contribution in [3.63, 3.8) is 0 Å². The molecule has 6 heteroatoms. The van der Waals surface area contributed by atoms with Gasteiger partial charge in [-0.25, -0.2) is 4.39 Å². The van der Waals surface area contributed by atoms with Crippen molar-refractivity contribution in [1.29, 1.82) is 0 Å². The second kappa shape index (κ2) is 7.43. The second-order valence-electron chi connectivity index (χ2n) is 7.31. The highest BCUT2D eigenvalue weighted by molar-refractivity contribution is 7.10. The second-order valence-corrected chi connectivity index (χ2v) is 8.26. The van der Waals surface area contributed by atoms with Gasteiger partial charge in [0, 0.05) is 39.9 Å². The minimum Gasteiger partial charge on any atom is -0.322 e. The normalized spacial score (nSPS) is 22.0. The maximum absolute atomic E-state index is 13.5. The molecule has 28 heavy (non-hydrogen) atoms. The largest absolute Gasteiger partial charge is 0.322 e. The van der Waals surface area contributed by atoms with Gasteiger partial charge in [-0.2, -0.15) is 0 Å². The van der Waals surface area contributed by atoms with Gasteiger partial charge < -0.3 is 5.32 Å². The number of benzene rings is 1. The van der Waals surface area contributed by atoms with E-state index in [2.05, 4.69) is 10.3 Å². The maximum atomic E-state index is 13.5. The Labute approximate surface area is 167 Å². The lowest BCUT2D eigenvalue weighted by molar-refractivity contribution is -0.122. The number of Topliss-reactive ketones (excluding diaryl/α,β-unsaturated/α-hetero) is 1. The molecule has 1 saturated carbocycles. The third kappa shape index (κ3) is 3.33. The summed E-state index contributed by atoms with van der Waals surface area (Å²) in [6, 6.07) is 7.81. The van der Waals surface area contributed by atoms with Crippen LogP contribution in [-0.4, -0.2) is 17.4 Å². The number of hydrogen-bond donors (Lipinski definition) is 1. The van der Waals surface area contributed by atoms with Gasteiger partial charge in [0.05, 0.1) is 5.92 Å². The van der Waals surface area contributed by atoms with E-state index in [1.54, 1.807) is 23.5 Å². The molecule has 0 radical (unpaired) electrons. The first-order valence-corrected chi connectivity index (χ1v) is 10.3. The number of aryl methyl sites for hydroxylation is 1. The van der Waals surface area contributed by atoms with Crippen LogP contribution in [0.15, 0.2) is 52.0 Å². The number of anilines is 1. The monoisotopic (exact) mass is 396 g/mol. The molecule has 1 N–H and O–H groups in total. The molecule has 2 aromatic rings. The zero-order valence-corrected chi connectivity index (χ0v) is 16.6. The molecular formula is C22H21FN2O2S. The predicted octanol–water partition coefficient (Wildman–Crippen LogP) is 5.02. The van der Waals surface area contributed by atoms with E-state index < -0.39 is 5.82 Å². The predicted molar refractivity (Wildman–Crippen MR) is 109 cm³/mol. The first-order valence-electron chi connectivity index (χ1n) is 9.37. The molecule has 1 fully saturated rings. The van der Waals surface area contributed by atoms with Gasteiger partial charge in [-0.15, -0.1) is 11.3 Å². The lowest BCUT2D eigenvalue weighted by Gasteiger charge is -2.35. The molecule has 144 valence electrons. The van der Waals surface area contributed by atoms with Crippen LogP contribution < -0.4 is 5.32 Å². The summed E-state index contributed by atoms with van der Waals surface area (Å²) in [5.74, 6) is -1.33. The van der Waals surface area contributed by atoms with Crippen LogP contribution in [0.2, 0.25) is 0 Å². The van der Waals surface area contributed by atoms with Crippen LogP contribution in [0.1, 0.15) is 42.5 Å². The van der Waals surface area contributed by atoms with E-state index >= 15 is 0 Å². The number of halogens is 1. The van der Waals surface area contributed by atoms with Crippen molar-refractivity contribution in [1.82, 2.24) is 0 Å². The quantitative estimate of drug-likeness (QED) is 0.792. The van der Waals surface area contributed by atoms with Crippen LogP contribution in [0.5, 0.6) is 0 Å². The number of aliphatic imine (C=N–C) groups is 1. The molecule has 1 unspecified atom stereocenters. The Hall–Kier alpha value is -2.60. The third-order valence-electron chi connectivity index (χ3n) is 5.42. The van der Waals surface area contributed by atoms with Gasteiger partial charge in [-0.3, -0.25) is 14.6 Å². The fraction of sp³-hybridized carbons (Fsp3) is 0.318. The summed E-state index contributed by atoms with van der Waals surface area (Å²) < 4.78 is 13.5. The van der Waals surface area contributed by atoms with Crippen LogP contribution in [-0.2, 0) is 9.59 Å². The summed E-state index contributed by atoms with van der Waals surface area (Å²) >= 11 is 1.56. The Morgan fingerprint density at radius 3 is 2.75 bits per heavy atom. The third-order valence-corrected chi connectivity index (χ3v) is 6.52. The molecule has 4 nitrogen and oxygen atoms in total. The van der Waals surface area contributed by atoms with Crippen molar-refractivity contribution in [2.75, 3.05) is 5.32 Å². The minimum atomic E-state index is -0.416. The van der Waals surface area contributed by atoms with E-state index in [0.29, 0.717) is 23.4 Å². The highest BCUT2D eigenvalue weighted by Crippen LogP contribution is 2.45. The zero-order valence-electron chi connectivity index (χ0n) is 15.8. The molecule has 0 bridgehead atoms. The standard InChI is InChI=1S/C22H21FN2O2S/c1-12-9-10-28-21(12)20-18(22(27)25-15-6-3-5-14(23)11-15)13(2)24-16-7-4-8-17(26)19(16)20/h3,5-6,9-11,19-20H,4,7-8H2,1-2H3,(H,25,27)/t19?,20-/m1/s1. The fourth-order valence-corrected chi connectivity index (χ4v) is 5.24. The summed E-state index contributed by atoms with van der Waals surface area (Å²) in [7, 11) is 0. The van der Waals surface area contributed by atoms with Crippen molar-refractivity contribution >= 4 is 34.4 Å². The van der Waals surface area contributed by atoms with Crippen molar-refractivity contribution < 1.29 is 14.0 Å². The number of nitrogens with zero attached hydrogens (tertiary/aromatic N) is 1. The zero-order chi connectivity index (χ0) is 19.8. The van der Waals surface area contributed by atoms with Gasteiger partial charge in [0.1, 0.15) is 11.6 Å². The molecule has 2 aliphatic rings. The molecule has 0 spiro atoms. The molecule has 1 aliphatic heterocycles. The van der Waals surface area contributed by atoms with Crippen LogP contribution in [0.4, 0.5) is 10.1 Å². The SMILES string of the molecule is CC1=C(C(=O)Nc2cccc(F)c2)[C@@H](c2sccc2C)C2C(=O)CCCC2=N1. The average molecular weight is 396 g/mol. The number of fused-ring (bicyclic) bond motifs is 1. The van der Waals surface area contributed by atoms with Gasteiger partial charge >= 0.3 is 0 Å². The Morgan fingerprint density at radius 1 is 1.21 bits per heavy atom. The van der Waals surface area contributed by atoms with Crippen molar-refractivity contribution in [2.24, 2.45) is 10.9 Å². The van der Waals surface area contributed by atoms with Gasteiger partial charge in [-0.1, -0.05) is 6.07 Å². The summed E-state index contributed by atoms with van der Waals surface area (Å²) in [5, 5.41) is 4.78. The average Bonchev–Trinajstić information content (AvgIpc) is 3.06. The number of carbonyl (C=O) groups is 2. The Balaban J connectivity index is 1.79. The molecule has 4 rings (SSSR count). The van der Waals surface area contributed by atoms with Gasteiger partial charge in [0.15, 0.2) is 0 Å². The first kappa shape index (κ1) is 18.7. The number of thiophene rings is 1. The van der Waals surface area contributed by atoms with E-state index in [4.69, 9.17) is 0 Å². The van der Waals surface area contributed by atoms with E-state index in [9.17, 15) is 14.0 Å². The molecule has 2 atom stereocenters. The highest BCUT2D eigenvalue weighted by Gasteiger charge is 2.44. The molecule has 1 aromatic carbocycles. The van der Waals surface area contributed by atoms with Crippen LogP contribution in [0.25, 0.3) is 0 Å². The molecular weight excluding hydrogens is 375 g/mol. The van der Waals surface area contributed by atoms with E-state index in [0.717, 1.165) is 29.0 Å². The number of amides is 1. The Bertz CT molecular complexity index is 1020. The van der Waals surface area contributed by atoms with Crippen molar-refractivity contribution in [2.45, 2.75) is 39.0 Å². The first-order chi connectivity index (χ1) is 13.5. The minimum absolute atomic E-state index is 0.145. The number of ketones is 1. The number of hydrogen-bond acceptors (Lipinski definition) is 4. The van der Waals surface area contributed by atoms with Crippen molar-refractivity contribution in [3.8, 4) is 0 Å². The smallest absolute Gasteiger partial charge is 0.254 e. The number of allylic oxidation sites excluding steroid dienone is 1.